The number of nitrogens with one attached hydrogen (secondary N) is 1. The summed E-state index contributed by atoms with van der Waals surface area (Å²) in [6.07, 6.45) is 0.335. The molecule has 4 nitrogen and oxygen atoms in total. The van der Waals surface area contributed by atoms with E-state index in [-0.39, 0.29) is 5.72 Å². The lowest BCUT2D eigenvalue weighted by Gasteiger charge is -2.49. The van der Waals surface area contributed by atoms with E-state index in [0.29, 0.717) is 17.9 Å². The second-order valence-electron chi connectivity index (χ2n) is 5.49. The Hall–Kier alpha value is 0.570. The van der Waals surface area contributed by atoms with Crippen LogP contribution in [0.1, 0.15) is 13.8 Å². The summed E-state index contributed by atoms with van der Waals surface area (Å²) in [5, 5.41) is 3.45. The van der Waals surface area contributed by atoms with Crippen molar-refractivity contribution in [2.45, 2.75) is 25.7 Å². The molecular formula is C11H21IN2O2. The third-order valence-electron chi connectivity index (χ3n) is 3.52. The molecule has 2 saturated heterocycles. The molecule has 0 spiro atoms. The molecule has 2 aliphatic heterocycles. The average molecular weight is 340 g/mol. The van der Waals surface area contributed by atoms with Gasteiger partial charge in [-0.25, -0.2) is 0 Å². The summed E-state index contributed by atoms with van der Waals surface area (Å²) in [5.74, 6) is 1.07. The van der Waals surface area contributed by atoms with Crippen LogP contribution in [0.3, 0.4) is 0 Å². The van der Waals surface area contributed by atoms with Gasteiger partial charge in [-0.15, -0.1) is 0 Å². The van der Waals surface area contributed by atoms with Gasteiger partial charge in [-0.05, 0) is 20.9 Å². The maximum atomic E-state index is 6.17. The Bertz CT molecular complexity index is 250. The summed E-state index contributed by atoms with van der Waals surface area (Å²) < 4.78 is 11.5. The molecule has 0 bridgehead atoms. The number of likely N-dealkylation sites (tertiary alicyclic amines) is 1. The second kappa shape index (κ2) is 5.06. The smallest absolute Gasteiger partial charge is 0.113 e. The molecule has 2 fully saturated rings. The monoisotopic (exact) mass is 340 g/mol. The molecule has 1 N–H and O–H groups in total. The predicted molar refractivity (Wildman–Crippen MR) is 71.4 cm³/mol. The minimum atomic E-state index is -0.194. The Morgan fingerprint density at radius 3 is 2.94 bits per heavy atom. The van der Waals surface area contributed by atoms with Crippen LogP contribution < -0.4 is 5.32 Å². The van der Waals surface area contributed by atoms with Gasteiger partial charge in [0.2, 0.25) is 0 Å². The lowest BCUT2D eigenvalue weighted by atomic mass is 9.84. The van der Waals surface area contributed by atoms with E-state index in [1.807, 2.05) is 23.0 Å². The van der Waals surface area contributed by atoms with Crippen molar-refractivity contribution in [3.63, 3.8) is 0 Å². The summed E-state index contributed by atoms with van der Waals surface area (Å²) in [7, 11) is 2.18. The van der Waals surface area contributed by atoms with Gasteiger partial charge >= 0.3 is 0 Å². The maximum absolute atomic E-state index is 6.17. The highest BCUT2D eigenvalue weighted by Crippen LogP contribution is 2.31. The molecule has 0 aromatic heterocycles. The number of rotatable bonds is 2. The Kier molecular flexibility index (Phi) is 4.11. The van der Waals surface area contributed by atoms with Crippen molar-refractivity contribution in [1.82, 2.24) is 10.2 Å². The fraction of sp³-hybridized carbons (Fsp3) is 1.00. The summed E-state index contributed by atoms with van der Waals surface area (Å²) >= 11 is 1.98. The van der Waals surface area contributed by atoms with Crippen molar-refractivity contribution in [3.05, 3.63) is 0 Å². The molecule has 0 aromatic rings. The van der Waals surface area contributed by atoms with Crippen LogP contribution in [0.4, 0.5) is 0 Å². The van der Waals surface area contributed by atoms with Crippen molar-refractivity contribution in [3.8, 4) is 0 Å². The van der Waals surface area contributed by atoms with Crippen LogP contribution in [0.5, 0.6) is 0 Å². The number of halogens is 1. The van der Waals surface area contributed by atoms with Gasteiger partial charge in [-0.3, -0.25) is 5.32 Å². The molecule has 0 amide bonds. The van der Waals surface area contributed by atoms with Gasteiger partial charge in [0.25, 0.3) is 0 Å². The van der Waals surface area contributed by atoms with Crippen molar-refractivity contribution in [1.29, 1.82) is 0 Å². The van der Waals surface area contributed by atoms with Crippen LogP contribution in [0, 0.1) is 11.8 Å². The lowest BCUT2D eigenvalue weighted by Crippen LogP contribution is -2.63. The zero-order valence-electron chi connectivity index (χ0n) is 10.2. The molecule has 2 aliphatic rings. The second-order valence-corrected chi connectivity index (χ2v) is 6.11. The van der Waals surface area contributed by atoms with E-state index in [0.717, 1.165) is 26.2 Å². The van der Waals surface area contributed by atoms with Crippen LogP contribution in [0.25, 0.3) is 0 Å². The molecule has 2 rings (SSSR count). The first-order chi connectivity index (χ1) is 7.52. The molecule has 3 atom stereocenters. The van der Waals surface area contributed by atoms with Crippen molar-refractivity contribution in [2.24, 2.45) is 11.8 Å². The highest BCUT2D eigenvalue weighted by molar-refractivity contribution is 14.1. The number of fused-ring (bicyclic) bond motifs is 1. The Balaban J connectivity index is 2.07. The van der Waals surface area contributed by atoms with Gasteiger partial charge in [0.1, 0.15) is 28.7 Å². The van der Waals surface area contributed by atoms with Gasteiger partial charge in [-0.2, -0.15) is 0 Å². The molecule has 0 unspecified atom stereocenters. The van der Waals surface area contributed by atoms with Crippen molar-refractivity contribution < 1.29 is 7.80 Å². The molecule has 16 heavy (non-hydrogen) atoms. The van der Waals surface area contributed by atoms with E-state index in [9.17, 15) is 0 Å². The van der Waals surface area contributed by atoms with Crippen LogP contribution in [-0.2, 0) is 7.80 Å². The van der Waals surface area contributed by atoms with E-state index in [1.54, 1.807) is 0 Å². The molecular weight excluding hydrogens is 319 g/mol. The van der Waals surface area contributed by atoms with Crippen LogP contribution in [-0.4, -0.2) is 50.0 Å². The number of hydrogen-bond donors (Lipinski definition) is 1. The molecule has 0 aliphatic carbocycles. The quantitative estimate of drug-likeness (QED) is 0.768. The summed E-state index contributed by atoms with van der Waals surface area (Å²) in [6, 6.07) is 0. The zero-order chi connectivity index (χ0) is 11.8. The Morgan fingerprint density at radius 1 is 1.50 bits per heavy atom. The van der Waals surface area contributed by atoms with Crippen LogP contribution in [0.15, 0.2) is 0 Å². The lowest BCUT2D eigenvalue weighted by molar-refractivity contribution is -0.187. The number of nitrogens with zero attached hydrogens (tertiary/aromatic N) is 1. The Labute approximate surface area is 112 Å². The summed E-state index contributed by atoms with van der Waals surface area (Å²) in [5.41, 5.74) is -0.194. The first-order valence-corrected chi connectivity index (χ1v) is 6.75. The SMILES string of the molecule is CN1C[C@H]2CNC(C)(C)O[C@@H]2[C@@H](COI)C1. The van der Waals surface area contributed by atoms with Crippen molar-refractivity contribution >= 4 is 23.0 Å². The molecule has 0 radical (unpaired) electrons. The fourth-order valence-electron chi connectivity index (χ4n) is 2.83. The summed E-state index contributed by atoms with van der Waals surface area (Å²) in [4.78, 5) is 2.38. The molecule has 5 heteroatoms. The van der Waals surface area contributed by atoms with E-state index in [1.165, 1.54) is 0 Å². The fourth-order valence-corrected chi connectivity index (χ4v) is 3.29. The minimum absolute atomic E-state index is 0.194. The van der Waals surface area contributed by atoms with E-state index < -0.39 is 0 Å². The van der Waals surface area contributed by atoms with E-state index >= 15 is 0 Å². The zero-order valence-corrected chi connectivity index (χ0v) is 12.4. The van der Waals surface area contributed by atoms with Crippen molar-refractivity contribution in [2.75, 3.05) is 33.3 Å². The topological polar surface area (TPSA) is 33.7 Å². The highest BCUT2D eigenvalue weighted by Gasteiger charge is 2.43. The molecule has 2 heterocycles. The normalized spacial score (nSPS) is 39.4. The third-order valence-corrected chi connectivity index (χ3v) is 3.88. The van der Waals surface area contributed by atoms with Gasteiger partial charge in [0.05, 0.1) is 12.7 Å². The largest absolute Gasteiger partial charge is 0.357 e. The average Bonchev–Trinajstić information content (AvgIpc) is 2.19. The molecule has 0 aromatic carbocycles. The van der Waals surface area contributed by atoms with Gasteiger partial charge < -0.3 is 12.7 Å². The minimum Gasteiger partial charge on any atom is -0.357 e. The first kappa shape index (κ1) is 13.0. The van der Waals surface area contributed by atoms with Gasteiger partial charge in [0, 0.05) is 31.5 Å². The van der Waals surface area contributed by atoms with E-state index in [4.69, 9.17) is 7.80 Å². The highest BCUT2D eigenvalue weighted by atomic mass is 127. The van der Waals surface area contributed by atoms with Gasteiger partial charge in [-0.1, -0.05) is 0 Å². The number of hydrogen-bond acceptors (Lipinski definition) is 4. The van der Waals surface area contributed by atoms with Gasteiger partial charge in [0.15, 0.2) is 0 Å². The predicted octanol–water partition coefficient (Wildman–Crippen LogP) is 1.26. The number of ether oxygens (including phenoxy) is 1. The molecule has 94 valence electrons. The molecule has 0 saturated carbocycles. The Morgan fingerprint density at radius 2 is 2.25 bits per heavy atom. The maximum Gasteiger partial charge on any atom is 0.113 e. The third kappa shape index (κ3) is 2.87. The first-order valence-electron chi connectivity index (χ1n) is 5.87. The summed E-state index contributed by atoms with van der Waals surface area (Å²) in [6.45, 7) is 8.21. The van der Waals surface area contributed by atoms with Crippen LogP contribution >= 0.6 is 23.0 Å². The number of piperidine rings is 1. The van der Waals surface area contributed by atoms with E-state index in [2.05, 4.69) is 31.1 Å². The van der Waals surface area contributed by atoms with Crippen LogP contribution in [0.2, 0.25) is 0 Å². The standard InChI is InChI=1S/C11H21IN2O2/c1-11(2)13-4-8-5-14(3)6-9(7-15-12)10(8)16-11/h8-10,13H,4-7H2,1-3H3/t8-,9-,10+/m1/s1.